The molecule has 0 aliphatic heterocycles. The molecule has 2 amide bonds. The van der Waals surface area contributed by atoms with Crippen LogP contribution in [0.4, 0.5) is 14.5 Å². The van der Waals surface area contributed by atoms with Gasteiger partial charge in [0.15, 0.2) is 11.6 Å². The van der Waals surface area contributed by atoms with Crippen LogP contribution >= 0.6 is 0 Å². The highest BCUT2D eigenvalue weighted by atomic mass is 19.2. The number of halogens is 2. The molecule has 6 heteroatoms. The first kappa shape index (κ1) is 19.6. The van der Waals surface area contributed by atoms with Crippen LogP contribution in [-0.2, 0) is 11.2 Å². The van der Waals surface area contributed by atoms with Gasteiger partial charge in [0.1, 0.15) is 0 Å². The first-order chi connectivity index (χ1) is 12.3. The highest BCUT2D eigenvalue weighted by Gasteiger charge is 2.17. The van der Waals surface area contributed by atoms with Gasteiger partial charge in [-0.05, 0) is 42.7 Å². The molecule has 2 aromatic carbocycles. The zero-order valence-electron chi connectivity index (χ0n) is 15.1. The van der Waals surface area contributed by atoms with E-state index in [0.29, 0.717) is 0 Å². The minimum atomic E-state index is -1.07. The van der Waals surface area contributed by atoms with Crippen molar-refractivity contribution in [3.63, 3.8) is 0 Å². The van der Waals surface area contributed by atoms with Gasteiger partial charge < -0.3 is 10.2 Å². The number of hydrogen-bond acceptors (Lipinski definition) is 2. The van der Waals surface area contributed by atoms with E-state index in [4.69, 9.17) is 0 Å². The van der Waals surface area contributed by atoms with E-state index in [0.717, 1.165) is 35.4 Å². The minimum absolute atomic E-state index is 0.0309. The monoisotopic (exact) mass is 360 g/mol. The Morgan fingerprint density at radius 3 is 2.46 bits per heavy atom. The first-order valence-electron chi connectivity index (χ1n) is 8.45. The molecule has 0 saturated carbocycles. The van der Waals surface area contributed by atoms with Crippen molar-refractivity contribution in [2.24, 2.45) is 0 Å². The van der Waals surface area contributed by atoms with Crippen molar-refractivity contribution in [1.29, 1.82) is 0 Å². The number of carbonyl (C=O) groups excluding carboxylic acids is 2. The first-order valence-corrected chi connectivity index (χ1v) is 8.45. The number of hydrogen-bond donors (Lipinski definition) is 1. The van der Waals surface area contributed by atoms with E-state index in [9.17, 15) is 18.4 Å². The van der Waals surface area contributed by atoms with Crippen molar-refractivity contribution in [2.75, 3.05) is 18.0 Å². The summed E-state index contributed by atoms with van der Waals surface area (Å²) in [5.74, 6) is -2.73. The van der Waals surface area contributed by atoms with E-state index >= 15 is 0 Å². The predicted octanol–water partition coefficient (Wildman–Crippen LogP) is 3.62. The molecule has 0 radical (unpaired) electrons. The summed E-state index contributed by atoms with van der Waals surface area (Å²) in [5.41, 5.74) is 2.91. The van der Waals surface area contributed by atoms with E-state index in [-0.39, 0.29) is 24.6 Å². The van der Waals surface area contributed by atoms with Gasteiger partial charge in [0, 0.05) is 31.3 Å². The lowest BCUT2D eigenvalue weighted by Crippen LogP contribution is -2.38. The number of nitrogens with one attached hydrogen (secondary N) is 1. The van der Waals surface area contributed by atoms with Crippen molar-refractivity contribution in [3.05, 3.63) is 64.7 Å². The standard InChI is InChI=1S/C20H22F2N2O2/c1-4-15-7-5-6-13(2)19(15)24(14(3)25)11-10-23-20(26)16-8-9-17(21)18(22)12-16/h5-9,12H,4,10-11H2,1-3H3,(H,23,26). The van der Waals surface area contributed by atoms with Gasteiger partial charge in [-0.15, -0.1) is 0 Å². The number of anilines is 1. The Kier molecular flexibility index (Phi) is 6.44. The maximum Gasteiger partial charge on any atom is 0.251 e. The van der Waals surface area contributed by atoms with Crippen LogP contribution in [0.5, 0.6) is 0 Å². The van der Waals surface area contributed by atoms with E-state index < -0.39 is 17.5 Å². The van der Waals surface area contributed by atoms with E-state index in [1.807, 2.05) is 32.0 Å². The number of amides is 2. The Morgan fingerprint density at radius 2 is 1.85 bits per heavy atom. The van der Waals surface area contributed by atoms with Crippen molar-refractivity contribution < 1.29 is 18.4 Å². The summed E-state index contributed by atoms with van der Waals surface area (Å²) in [5, 5.41) is 2.64. The van der Waals surface area contributed by atoms with Crippen LogP contribution in [0.25, 0.3) is 0 Å². The lowest BCUT2D eigenvalue weighted by Gasteiger charge is -2.26. The number of benzene rings is 2. The molecule has 1 N–H and O–H groups in total. The largest absolute Gasteiger partial charge is 0.350 e. The van der Waals surface area contributed by atoms with Crippen LogP contribution in [0.2, 0.25) is 0 Å². The van der Waals surface area contributed by atoms with E-state index in [1.165, 1.54) is 13.0 Å². The Balaban J connectivity index is 2.09. The van der Waals surface area contributed by atoms with Crippen molar-refractivity contribution in [3.8, 4) is 0 Å². The lowest BCUT2D eigenvalue weighted by atomic mass is 10.0. The van der Waals surface area contributed by atoms with Gasteiger partial charge in [-0.1, -0.05) is 25.1 Å². The Hall–Kier alpha value is -2.76. The Labute approximate surface area is 151 Å². The average molecular weight is 360 g/mol. The van der Waals surface area contributed by atoms with Crippen LogP contribution in [0.1, 0.15) is 35.3 Å². The van der Waals surface area contributed by atoms with Crippen LogP contribution < -0.4 is 10.2 Å². The predicted molar refractivity (Wildman–Crippen MR) is 97.3 cm³/mol. The highest BCUT2D eigenvalue weighted by Crippen LogP contribution is 2.25. The third kappa shape index (κ3) is 4.45. The van der Waals surface area contributed by atoms with E-state index in [1.54, 1.807) is 4.90 Å². The molecule has 0 spiro atoms. The second-order valence-electron chi connectivity index (χ2n) is 5.99. The van der Waals surface area contributed by atoms with Crippen LogP contribution in [0.15, 0.2) is 36.4 Å². The summed E-state index contributed by atoms with van der Waals surface area (Å²) < 4.78 is 26.2. The maximum atomic E-state index is 13.2. The fourth-order valence-electron chi connectivity index (χ4n) is 2.84. The number of aryl methyl sites for hydroxylation is 2. The summed E-state index contributed by atoms with van der Waals surface area (Å²) in [6, 6.07) is 8.83. The normalized spacial score (nSPS) is 10.5. The van der Waals surface area contributed by atoms with Gasteiger partial charge in [0.25, 0.3) is 5.91 Å². The van der Waals surface area contributed by atoms with Gasteiger partial charge in [-0.2, -0.15) is 0 Å². The quantitative estimate of drug-likeness (QED) is 0.855. The molecule has 0 unspecified atom stereocenters. The SMILES string of the molecule is CCc1cccc(C)c1N(CCNC(=O)c1ccc(F)c(F)c1)C(C)=O. The molecule has 0 aromatic heterocycles. The third-order valence-corrected chi connectivity index (χ3v) is 4.16. The van der Waals surface area contributed by atoms with Gasteiger partial charge >= 0.3 is 0 Å². The molecule has 0 fully saturated rings. The number of rotatable bonds is 6. The van der Waals surface area contributed by atoms with Crippen LogP contribution in [0.3, 0.4) is 0 Å². The van der Waals surface area contributed by atoms with Crippen molar-refractivity contribution in [2.45, 2.75) is 27.2 Å². The van der Waals surface area contributed by atoms with Gasteiger partial charge in [-0.25, -0.2) is 8.78 Å². The summed E-state index contributed by atoms with van der Waals surface area (Å²) in [7, 11) is 0. The molecule has 2 rings (SSSR count). The average Bonchev–Trinajstić information content (AvgIpc) is 2.61. The molecule has 0 aliphatic rings. The topological polar surface area (TPSA) is 49.4 Å². The van der Waals surface area contributed by atoms with Crippen molar-refractivity contribution in [1.82, 2.24) is 5.32 Å². The molecule has 26 heavy (non-hydrogen) atoms. The fourth-order valence-corrected chi connectivity index (χ4v) is 2.84. The minimum Gasteiger partial charge on any atom is -0.350 e. The molecule has 0 saturated heterocycles. The van der Waals surface area contributed by atoms with Crippen LogP contribution in [-0.4, -0.2) is 24.9 Å². The van der Waals surface area contributed by atoms with E-state index in [2.05, 4.69) is 5.32 Å². The summed E-state index contributed by atoms with van der Waals surface area (Å²) in [6.45, 7) is 5.90. The summed E-state index contributed by atoms with van der Waals surface area (Å²) in [6.07, 6.45) is 0.780. The third-order valence-electron chi connectivity index (χ3n) is 4.16. The smallest absolute Gasteiger partial charge is 0.251 e. The maximum absolute atomic E-state index is 13.2. The zero-order valence-corrected chi connectivity index (χ0v) is 15.1. The lowest BCUT2D eigenvalue weighted by molar-refractivity contribution is -0.116. The molecule has 4 nitrogen and oxygen atoms in total. The molecule has 0 bridgehead atoms. The molecule has 0 atom stereocenters. The summed E-state index contributed by atoms with van der Waals surface area (Å²) >= 11 is 0. The van der Waals surface area contributed by atoms with Gasteiger partial charge in [-0.3, -0.25) is 9.59 Å². The fraction of sp³-hybridized carbons (Fsp3) is 0.300. The van der Waals surface area contributed by atoms with Gasteiger partial charge in [0.05, 0.1) is 0 Å². The Bertz CT molecular complexity index is 821. The molecule has 138 valence electrons. The van der Waals surface area contributed by atoms with Crippen molar-refractivity contribution >= 4 is 17.5 Å². The number of para-hydroxylation sites is 1. The summed E-state index contributed by atoms with van der Waals surface area (Å²) in [4.78, 5) is 25.8. The molecule has 2 aromatic rings. The Morgan fingerprint density at radius 1 is 1.12 bits per heavy atom. The second kappa shape index (κ2) is 8.56. The second-order valence-corrected chi connectivity index (χ2v) is 5.99. The van der Waals surface area contributed by atoms with Crippen LogP contribution in [0, 0.1) is 18.6 Å². The number of carbonyl (C=O) groups is 2. The molecule has 0 aliphatic carbocycles. The zero-order chi connectivity index (χ0) is 19.3. The number of nitrogens with zero attached hydrogens (tertiary/aromatic N) is 1. The molecular weight excluding hydrogens is 338 g/mol. The van der Waals surface area contributed by atoms with Gasteiger partial charge in [0.2, 0.25) is 5.91 Å². The molecule has 0 heterocycles. The molecular formula is C20H22F2N2O2. The highest BCUT2D eigenvalue weighted by molar-refractivity contribution is 5.95.